The first-order valence-electron chi connectivity index (χ1n) is 30.1. The zero-order valence-electron chi connectivity index (χ0n) is 50.5. The van der Waals surface area contributed by atoms with Gasteiger partial charge in [-0.2, -0.15) is 0 Å². The van der Waals surface area contributed by atoms with Crippen LogP contribution in [0.2, 0.25) is 0 Å². The van der Waals surface area contributed by atoms with Gasteiger partial charge in [0.2, 0.25) is 5.78 Å². The van der Waals surface area contributed by atoms with E-state index in [9.17, 15) is 60.7 Å². The Morgan fingerprint density at radius 3 is 1.30 bits per heavy atom. The van der Waals surface area contributed by atoms with Crippen LogP contribution < -0.4 is 0 Å². The Hall–Kier alpha value is -3.66. The molecule has 0 bridgehead atoms. The predicted molar refractivity (Wildman–Crippen MR) is 296 cm³/mol. The number of aromatic hydroxyl groups is 3. The summed E-state index contributed by atoms with van der Waals surface area (Å²) in [7, 11) is 7.36. The van der Waals surface area contributed by atoms with Gasteiger partial charge in [-0.05, 0) is 82.2 Å². The van der Waals surface area contributed by atoms with Crippen molar-refractivity contribution in [3.05, 3.63) is 51.6 Å². The van der Waals surface area contributed by atoms with E-state index in [-0.39, 0.29) is 73.6 Å². The number of ether oxygens (including phenoxy) is 12. The first kappa shape index (κ1) is 65.3. The van der Waals surface area contributed by atoms with Gasteiger partial charge in [0.05, 0.1) is 89.4 Å². The summed E-state index contributed by atoms with van der Waals surface area (Å²) in [5.74, 6) is -3.82. The minimum atomic E-state index is -1.94. The van der Waals surface area contributed by atoms with Gasteiger partial charge in [0.15, 0.2) is 43.5 Å². The van der Waals surface area contributed by atoms with Gasteiger partial charge in [-0.15, -0.1) is 0 Å². The van der Waals surface area contributed by atoms with Gasteiger partial charge >= 0.3 is 0 Å². The third-order valence-electron chi connectivity index (χ3n) is 18.8. The van der Waals surface area contributed by atoms with Gasteiger partial charge in [0.25, 0.3) is 0 Å². The molecule has 8 aliphatic rings. The Morgan fingerprint density at radius 1 is 0.488 bits per heavy atom. The molecule has 0 aromatic heterocycles. The van der Waals surface area contributed by atoms with Crippen molar-refractivity contribution in [2.45, 2.75) is 265 Å². The van der Waals surface area contributed by atoms with Gasteiger partial charge in [-0.1, -0.05) is 19.1 Å². The summed E-state index contributed by atoms with van der Waals surface area (Å²) in [6.45, 7) is 11.9. The molecule has 0 radical (unpaired) electrons. The molecule has 6 heterocycles. The van der Waals surface area contributed by atoms with Crippen molar-refractivity contribution in [2.75, 3.05) is 28.2 Å². The highest BCUT2D eigenvalue weighted by atomic mass is 16.8. The molecule has 6 saturated heterocycles. The SMILES string of the molecule is CCC1(O)CC(OC2CC(N(C)C)C(OC3CC(O)C(OC4CC(O)C(O)C(C)O4)C(C)O3)C(C)O2)c2c(O)c3c(c(O)c2C1OC1CC(N(C)C)C(OC2CC(O)C(OC4CC(O)C(O)C(C)O4)C(C)O2)C(C)O1)C(=O)c1cccc(O)c1C3=O. The van der Waals surface area contributed by atoms with Crippen LogP contribution in [0.3, 0.4) is 0 Å². The van der Waals surface area contributed by atoms with E-state index in [4.69, 9.17) is 56.8 Å². The van der Waals surface area contributed by atoms with Crippen molar-refractivity contribution in [2.24, 2.45) is 0 Å². The zero-order chi connectivity index (χ0) is 62.3. The Morgan fingerprint density at radius 2 is 0.872 bits per heavy atom. The summed E-state index contributed by atoms with van der Waals surface area (Å²) in [6.07, 6.45) is -22.7. The molecule has 2 aromatic carbocycles. The summed E-state index contributed by atoms with van der Waals surface area (Å²) >= 11 is 0. The number of nitrogens with zero attached hydrogens (tertiary/aromatic N) is 2. The molecule has 86 heavy (non-hydrogen) atoms. The van der Waals surface area contributed by atoms with Crippen LogP contribution in [0.1, 0.15) is 155 Å². The number of benzene rings is 2. The number of likely N-dealkylation sites (N-methyl/N-ethyl adjacent to an activating group) is 2. The average molecular weight is 1220 g/mol. The second-order valence-electron chi connectivity index (χ2n) is 25.2. The highest BCUT2D eigenvalue weighted by Crippen LogP contribution is 2.58. The molecule has 26 heteroatoms. The van der Waals surface area contributed by atoms with E-state index in [0.29, 0.717) is 0 Å². The first-order chi connectivity index (χ1) is 40.6. The zero-order valence-corrected chi connectivity index (χ0v) is 50.5. The van der Waals surface area contributed by atoms with Crippen LogP contribution in [0.25, 0.3) is 0 Å². The van der Waals surface area contributed by atoms with E-state index in [1.807, 2.05) is 38.0 Å². The molecular weight excluding hydrogens is 1130 g/mol. The topological polar surface area (TPSA) is 354 Å². The second kappa shape index (κ2) is 25.9. The number of rotatable bonds is 15. The van der Waals surface area contributed by atoms with Crippen LogP contribution in [0.5, 0.6) is 17.2 Å². The van der Waals surface area contributed by atoms with Crippen LogP contribution in [-0.4, -0.2) is 254 Å². The smallest absolute Gasteiger partial charge is 0.202 e. The molecule has 2 aromatic rings. The molecule has 482 valence electrons. The Bertz CT molecular complexity index is 2690. The van der Waals surface area contributed by atoms with Crippen molar-refractivity contribution in [1.82, 2.24) is 9.80 Å². The van der Waals surface area contributed by atoms with E-state index in [2.05, 4.69) is 0 Å². The quantitative estimate of drug-likeness (QED) is 0.0967. The lowest BCUT2D eigenvalue weighted by Crippen LogP contribution is -2.59. The molecule has 2 aliphatic carbocycles. The Kier molecular flexibility index (Phi) is 19.7. The van der Waals surface area contributed by atoms with Crippen LogP contribution >= 0.6 is 0 Å². The normalized spacial score (nSPS) is 43.9. The minimum absolute atomic E-state index is 0.000163. The lowest BCUT2D eigenvalue weighted by Gasteiger charge is -2.50. The van der Waals surface area contributed by atoms with Crippen LogP contribution in [0.4, 0.5) is 0 Å². The number of fused-ring (bicyclic) bond motifs is 3. The highest BCUT2D eigenvalue weighted by Gasteiger charge is 2.56. The summed E-state index contributed by atoms with van der Waals surface area (Å²) in [5.41, 5.74) is -4.04. The number of aliphatic hydroxyl groups excluding tert-OH is 6. The lowest BCUT2D eigenvalue weighted by atomic mass is 9.70. The maximum atomic E-state index is 14.6. The van der Waals surface area contributed by atoms with E-state index < -0.39 is 205 Å². The Labute approximate surface area is 499 Å². The monoisotopic (exact) mass is 1220 g/mol. The van der Waals surface area contributed by atoms with E-state index >= 15 is 0 Å². The van der Waals surface area contributed by atoms with E-state index in [1.165, 1.54) is 18.2 Å². The molecule has 26 nitrogen and oxygen atoms in total. The largest absolute Gasteiger partial charge is 0.507 e. The number of ketones is 2. The average Bonchev–Trinajstić information content (AvgIpc) is 0.714. The van der Waals surface area contributed by atoms with Crippen LogP contribution in [0, 0.1) is 0 Å². The lowest BCUT2D eigenvalue weighted by molar-refractivity contribution is -0.336. The summed E-state index contributed by atoms with van der Waals surface area (Å²) in [4.78, 5) is 32.9. The van der Waals surface area contributed by atoms with E-state index in [1.54, 1.807) is 48.5 Å². The van der Waals surface area contributed by atoms with Gasteiger partial charge in [-0.3, -0.25) is 9.59 Å². The molecule has 27 atom stereocenters. The second-order valence-corrected chi connectivity index (χ2v) is 25.2. The first-order valence-corrected chi connectivity index (χ1v) is 30.1. The molecule has 10 rings (SSSR count). The van der Waals surface area contributed by atoms with Crippen molar-refractivity contribution in [1.29, 1.82) is 0 Å². The molecule has 0 saturated carbocycles. The van der Waals surface area contributed by atoms with Crippen molar-refractivity contribution in [3.8, 4) is 17.2 Å². The van der Waals surface area contributed by atoms with Crippen LogP contribution in [0.15, 0.2) is 18.2 Å². The minimum Gasteiger partial charge on any atom is -0.507 e. The molecule has 6 fully saturated rings. The molecule has 10 N–H and O–H groups in total. The standard InChI is InChI=1S/C60H88N2O24/c1-12-60(74)22-37(81-38-16-30(61(8)9)55(25(4)77-38)82-42-20-35(66)57(27(6)79-42)84-40-18-33(64)49(68)23(2)75-40)45-48(54(73)46-47(53(45)72)52(71)44-29(51(46)70)14-13-15-32(44)63)59(60)86-39-17-31(62(10)11)56(26(5)78-39)83-43-21-36(67)58(28(7)80-43)85-41-19-34(65)50(69)24(3)76-41/h13-15,23-28,30-31,33-43,49-50,55-59,63-69,72-74H,12,16-22H2,1-11H3. The maximum Gasteiger partial charge on any atom is 0.202 e. The summed E-state index contributed by atoms with van der Waals surface area (Å²) < 4.78 is 76.3. The molecular formula is C60H88N2O24. The number of hydrogen-bond donors (Lipinski definition) is 10. The third kappa shape index (κ3) is 12.6. The molecule has 6 aliphatic heterocycles. The van der Waals surface area contributed by atoms with Gasteiger partial charge < -0.3 is 118 Å². The maximum absolute atomic E-state index is 14.6. The molecule has 0 spiro atoms. The van der Waals surface area contributed by atoms with Crippen molar-refractivity contribution < 1.29 is 117 Å². The van der Waals surface area contributed by atoms with Gasteiger partial charge in [0.1, 0.15) is 60.0 Å². The van der Waals surface area contributed by atoms with Crippen molar-refractivity contribution in [3.63, 3.8) is 0 Å². The van der Waals surface area contributed by atoms with Crippen LogP contribution in [-0.2, 0) is 56.8 Å². The molecule has 0 amide bonds. The fourth-order valence-corrected chi connectivity index (χ4v) is 14.0. The number of aliphatic hydroxyl groups is 7. The highest BCUT2D eigenvalue weighted by molar-refractivity contribution is 6.31. The fraction of sp³-hybridized carbons (Fsp3) is 0.767. The van der Waals surface area contributed by atoms with Crippen molar-refractivity contribution >= 4 is 11.6 Å². The fourth-order valence-electron chi connectivity index (χ4n) is 14.0. The number of carbonyl (C=O) groups is 2. The predicted octanol–water partition coefficient (Wildman–Crippen LogP) is 1.62. The summed E-state index contributed by atoms with van der Waals surface area (Å²) in [5, 5.41) is 113. The van der Waals surface area contributed by atoms with Gasteiger partial charge in [-0.25, -0.2) is 0 Å². The summed E-state index contributed by atoms with van der Waals surface area (Å²) in [6, 6.07) is 3.02. The Balaban J connectivity index is 0.889. The number of phenols is 3. The van der Waals surface area contributed by atoms with Gasteiger partial charge in [0, 0.05) is 73.7 Å². The number of phenolic OH excluding ortho intramolecular Hbond substituents is 3. The molecule has 27 unspecified atom stereocenters. The number of hydrogen-bond acceptors (Lipinski definition) is 26. The number of carbonyl (C=O) groups excluding carboxylic acids is 2. The third-order valence-corrected chi connectivity index (χ3v) is 18.8. The van der Waals surface area contributed by atoms with E-state index in [0.717, 1.165) is 0 Å².